The number of unbranched alkanes of at least 4 members (excludes halogenated alkanes) is 1. The van der Waals surface area contributed by atoms with E-state index in [0.717, 1.165) is 30.5 Å². The van der Waals surface area contributed by atoms with Crippen LogP contribution < -0.4 is 10.1 Å². The highest BCUT2D eigenvalue weighted by Crippen LogP contribution is 2.32. The van der Waals surface area contributed by atoms with Gasteiger partial charge in [-0.05, 0) is 42.3 Å². The molecule has 0 unspecified atom stereocenters. The molecule has 0 aliphatic rings. The van der Waals surface area contributed by atoms with Crippen molar-refractivity contribution in [1.82, 2.24) is 5.32 Å². The van der Waals surface area contributed by atoms with Gasteiger partial charge in [0.05, 0.1) is 5.56 Å². The lowest BCUT2D eigenvalue weighted by atomic mass is 10.1. The molecule has 27 heavy (non-hydrogen) atoms. The Morgan fingerprint density at radius 2 is 1.81 bits per heavy atom. The maximum atomic E-state index is 12.8. The van der Waals surface area contributed by atoms with Gasteiger partial charge in [-0.15, -0.1) is 0 Å². The van der Waals surface area contributed by atoms with Gasteiger partial charge in [0.25, 0.3) is 0 Å². The zero-order valence-corrected chi connectivity index (χ0v) is 14.9. The minimum absolute atomic E-state index is 0.0845. The molecule has 0 aromatic heterocycles. The second-order valence-electron chi connectivity index (χ2n) is 6.19. The van der Waals surface area contributed by atoms with E-state index in [-0.39, 0.29) is 5.75 Å². The van der Waals surface area contributed by atoms with Crippen LogP contribution in [0.4, 0.5) is 13.2 Å². The van der Waals surface area contributed by atoms with Crippen molar-refractivity contribution in [3.8, 4) is 11.5 Å². The van der Waals surface area contributed by atoms with E-state index < -0.39 is 23.8 Å². The molecular weight excluding hydrogens is 359 g/mol. The number of nitrogens with one attached hydrogen (secondary N) is 1. The molecule has 0 radical (unpaired) electrons. The number of ether oxygens (including phenoxy) is 1. The highest BCUT2D eigenvalue weighted by molar-refractivity contribution is 5.73. The first-order valence-corrected chi connectivity index (χ1v) is 8.70. The molecule has 7 heteroatoms. The molecule has 146 valence electrons. The molecule has 2 aromatic carbocycles. The van der Waals surface area contributed by atoms with Crippen molar-refractivity contribution in [2.24, 2.45) is 0 Å². The fourth-order valence-electron chi connectivity index (χ4n) is 2.55. The van der Waals surface area contributed by atoms with Crippen LogP contribution in [0.3, 0.4) is 0 Å². The quantitative estimate of drug-likeness (QED) is 0.624. The minimum Gasteiger partial charge on any atom is -0.480 e. The van der Waals surface area contributed by atoms with Crippen LogP contribution >= 0.6 is 0 Å². The van der Waals surface area contributed by atoms with Crippen molar-refractivity contribution in [3.63, 3.8) is 0 Å². The largest absolute Gasteiger partial charge is 0.480 e. The summed E-state index contributed by atoms with van der Waals surface area (Å²) in [5.74, 6) is -0.435. The van der Waals surface area contributed by atoms with Crippen LogP contribution in [0, 0.1) is 0 Å². The van der Waals surface area contributed by atoms with E-state index >= 15 is 0 Å². The molecule has 0 bridgehead atoms. The molecule has 1 atom stereocenters. The second-order valence-corrected chi connectivity index (χ2v) is 6.19. The Balaban J connectivity index is 2.04. The molecule has 2 aromatic rings. The van der Waals surface area contributed by atoms with E-state index in [1.807, 2.05) is 6.92 Å². The van der Waals surface area contributed by atoms with Crippen molar-refractivity contribution in [2.45, 2.75) is 44.9 Å². The molecule has 2 N–H and O–H groups in total. The van der Waals surface area contributed by atoms with Gasteiger partial charge in [0.2, 0.25) is 0 Å². The number of aliphatic carboxylic acids is 1. The normalized spacial score (nSPS) is 12.6. The van der Waals surface area contributed by atoms with Crippen LogP contribution in [0.2, 0.25) is 0 Å². The lowest BCUT2D eigenvalue weighted by Gasteiger charge is -2.15. The van der Waals surface area contributed by atoms with Crippen molar-refractivity contribution < 1.29 is 27.8 Å². The highest BCUT2D eigenvalue weighted by atomic mass is 19.4. The lowest BCUT2D eigenvalue weighted by Crippen LogP contribution is -2.36. The van der Waals surface area contributed by atoms with E-state index in [2.05, 4.69) is 5.32 Å². The van der Waals surface area contributed by atoms with Crippen molar-refractivity contribution >= 4 is 5.97 Å². The zero-order valence-electron chi connectivity index (χ0n) is 14.9. The summed E-state index contributed by atoms with van der Waals surface area (Å²) in [5, 5.41) is 12.2. The van der Waals surface area contributed by atoms with Gasteiger partial charge in [0.15, 0.2) is 0 Å². The van der Waals surface area contributed by atoms with Crippen LogP contribution in [0.25, 0.3) is 0 Å². The van der Waals surface area contributed by atoms with Gasteiger partial charge < -0.3 is 15.2 Å². The molecule has 0 aliphatic carbocycles. The summed E-state index contributed by atoms with van der Waals surface area (Å²) in [7, 11) is 0. The van der Waals surface area contributed by atoms with E-state index in [1.54, 1.807) is 24.3 Å². The predicted octanol–water partition coefficient (Wildman–Crippen LogP) is 5.23. The molecule has 0 fully saturated rings. The molecule has 4 nitrogen and oxygen atoms in total. The van der Waals surface area contributed by atoms with Crippen molar-refractivity contribution in [3.05, 3.63) is 59.7 Å². The van der Waals surface area contributed by atoms with Crippen molar-refractivity contribution in [2.75, 3.05) is 0 Å². The summed E-state index contributed by atoms with van der Waals surface area (Å²) >= 11 is 0. The fraction of sp³-hybridized carbons (Fsp3) is 0.350. The molecule has 0 saturated heterocycles. The van der Waals surface area contributed by atoms with E-state index in [0.29, 0.717) is 18.7 Å². The Hall–Kier alpha value is -2.54. The molecule has 0 spiro atoms. The maximum Gasteiger partial charge on any atom is 0.416 e. The van der Waals surface area contributed by atoms with Crippen LogP contribution in [-0.4, -0.2) is 17.1 Å². The Kier molecular flexibility index (Phi) is 7.24. The van der Waals surface area contributed by atoms with Gasteiger partial charge in [-0.3, -0.25) is 4.79 Å². The number of hydrogen-bond donors (Lipinski definition) is 2. The summed E-state index contributed by atoms with van der Waals surface area (Å²) < 4.78 is 43.9. The molecule has 2 rings (SSSR count). The minimum atomic E-state index is -4.44. The number of benzene rings is 2. The van der Waals surface area contributed by atoms with Crippen LogP contribution in [0.5, 0.6) is 11.5 Å². The van der Waals surface area contributed by atoms with Crippen molar-refractivity contribution in [1.29, 1.82) is 0 Å². The van der Waals surface area contributed by atoms with E-state index in [4.69, 9.17) is 4.74 Å². The predicted molar refractivity (Wildman–Crippen MR) is 95.7 cm³/mol. The highest BCUT2D eigenvalue weighted by Gasteiger charge is 2.30. The smallest absolute Gasteiger partial charge is 0.416 e. The third-order valence-electron chi connectivity index (χ3n) is 3.99. The maximum absolute atomic E-state index is 12.8. The topological polar surface area (TPSA) is 58.6 Å². The SMILES string of the molecule is CCCC[C@H](NCc1cccc(Oc2cccc(C(F)(F)F)c2)c1)C(=O)O. The van der Waals surface area contributed by atoms with Crippen LogP contribution in [0.1, 0.15) is 37.3 Å². The number of carboxylic acids is 1. The average molecular weight is 381 g/mol. The summed E-state index contributed by atoms with van der Waals surface area (Å²) in [6, 6.07) is 10.8. The second kappa shape index (κ2) is 9.41. The summed E-state index contributed by atoms with van der Waals surface area (Å²) in [4.78, 5) is 11.3. The van der Waals surface area contributed by atoms with Gasteiger partial charge in [0, 0.05) is 6.54 Å². The lowest BCUT2D eigenvalue weighted by molar-refractivity contribution is -0.140. The van der Waals surface area contributed by atoms with E-state index in [9.17, 15) is 23.1 Å². The average Bonchev–Trinajstić information content (AvgIpc) is 2.61. The van der Waals surface area contributed by atoms with Crippen LogP contribution in [0.15, 0.2) is 48.5 Å². The van der Waals surface area contributed by atoms with Gasteiger partial charge >= 0.3 is 12.1 Å². The first kappa shape index (κ1) is 20.8. The number of halogens is 3. The Labute approximate surface area is 156 Å². The molecule has 0 heterocycles. The monoisotopic (exact) mass is 381 g/mol. The summed E-state index contributed by atoms with van der Waals surface area (Å²) in [5.41, 5.74) is 0.000250. The fourth-order valence-corrected chi connectivity index (χ4v) is 2.55. The number of rotatable bonds is 9. The first-order valence-electron chi connectivity index (χ1n) is 8.70. The van der Waals surface area contributed by atoms with Gasteiger partial charge in [-0.1, -0.05) is 38.0 Å². The molecular formula is C20H22F3NO3. The molecule has 0 amide bonds. The number of hydrogen-bond acceptors (Lipinski definition) is 3. The number of alkyl halides is 3. The molecule has 0 aliphatic heterocycles. The van der Waals surface area contributed by atoms with Gasteiger partial charge in [0.1, 0.15) is 17.5 Å². The van der Waals surface area contributed by atoms with Crippen LogP contribution in [-0.2, 0) is 17.5 Å². The first-order chi connectivity index (χ1) is 12.8. The van der Waals surface area contributed by atoms with Gasteiger partial charge in [-0.25, -0.2) is 0 Å². The Bertz CT molecular complexity index is 762. The third-order valence-corrected chi connectivity index (χ3v) is 3.99. The Morgan fingerprint density at radius 1 is 1.15 bits per heavy atom. The summed E-state index contributed by atoms with van der Waals surface area (Å²) in [6.07, 6.45) is -2.18. The number of carboxylic acid groups (broad SMARTS) is 1. The number of carbonyl (C=O) groups is 1. The molecule has 0 saturated carbocycles. The van der Waals surface area contributed by atoms with Gasteiger partial charge in [-0.2, -0.15) is 13.2 Å². The van der Waals surface area contributed by atoms with E-state index in [1.165, 1.54) is 12.1 Å². The Morgan fingerprint density at radius 3 is 2.44 bits per heavy atom. The summed E-state index contributed by atoms with van der Waals surface area (Å²) in [6.45, 7) is 2.31. The standard InChI is InChI=1S/C20H22F3NO3/c1-2-3-10-18(19(25)26)24-13-14-6-4-8-16(11-14)27-17-9-5-7-15(12-17)20(21,22)23/h4-9,11-12,18,24H,2-3,10,13H2,1H3,(H,25,26)/t18-/m0/s1. The third kappa shape index (κ3) is 6.60. The zero-order chi connectivity index (χ0) is 19.9.